The van der Waals surface area contributed by atoms with Gasteiger partial charge in [-0.15, -0.1) is 0 Å². The van der Waals surface area contributed by atoms with Crippen molar-refractivity contribution in [2.75, 3.05) is 18.4 Å². The van der Waals surface area contributed by atoms with Gasteiger partial charge in [-0.05, 0) is 48.6 Å². The van der Waals surface area contributed by atoms with Crippen LogP contribution in [0.25, 0.3) is 0 Å². The molecule has 3 rings (SSSR count). The van der Waals surface area contributed by atoms with Crippen molar-refractivity contribution in [3.63, 3.8) is 0 Å². The van der Waals surface area contributed by atoms with Crippen molar-refractivity contribution in [3.8, 4) is 0 Å². The highest BCUT2D eigenvalue weighted by molar-refractivity contribution is 7.89. The molecule has 156 valence electrons. The molecule has 1 aliphatic rings. The van der Waals surface area contributed by atoms with E-state index in [9.17, 15) is 22.0 Å². The number of benzene rings is 2. The fourth-order valence-electron chi connectivity index (χ4n) is 3.52. The molecule has 0 saturated carbocycles. The van der Waals surface area contributed by atoms with Crippen LogP contribution in [0, 0.1) is 17.6 Å². The molecule has 1 fully saturated rings. The standard InChI is InChI=1S/C21H24F2N2O3S/c1-14(2)17-5-3-4-6-19(17)24-21(26)15-9-11-25(12-10-15)29(27,28)20-13-16(22)7-8-18(20)23/h3-8,13-15H,9-12H2,1-2H3,(H,24,26). The monoisotopic (exact) mass is 422 g/mol. The van der Waals surface area contributed by atoms with E-state index in [1.807, 2.05) is 38.1 Å². The van der Waals surface area contributed by atoms with Crippen molar-refractivity contribution in [1.29, 1.82) is 0 Å². The average molecular weight is 422 g/mol. The number of piperidine rings is 1. The molecule has 0 radical (unpaired) electrons. The maximum atomic E-state index is 13.9. The molecular formula is C21H24F2N2O3S. The lowest BCUT2D eigenvalue weighted by molar-refractivity contribution is -0.120. The van der Waals surface area contributed by atoms with Crippen molar-refractivity contribution in [2.45, 2.75) is 37.5 Å². The summed E-state index contributed by atoms with van der Waals surface area (Å²) in [6, 6.07) is 9.94. The Morgan fingerprint density at radius 2 is 1.76 bits per heavy atom. The predicted molar refractivity (Wildman–Crippen MR) is 107 cm³/mol. The van der Waals surface area contributed by atoms with Crippen LogP contribution < -0.4 is 5.32 Å². The number of amides is 1. The highest BCUT2D eigenvalue weighted by Crippen LogP contribution is 2.28. The number of nitrogens with one attached hydrogen (secondary N) is 1. The minimum absolute atomic E-state index is 0.0716. The van der Waals surface area contributed by atoms with E-state index in [1.165, 1.54) is 0 Å². The predicted octanol–water partition coefficient (Wildman–Crippen LogP) is 4.13. The number of para-hydroxylation sites is 1. The summed E-state index contributed by atoms with van der Waals surface area (Å²) in [6.45, 7) is 4.23. The molecule has 1 amide bonds. The SMILES string of the molecule is CC(C)c1ccccc1NC(=O)C1CCN(S(=O)(=O)c2cc(F)ccc2F)CC1. The first kappa shape index (κ1) is 21.4. The number of hydrogen-bond donors (Lipinski definition) is 1. The number of rotatable bonds is 5. The summed E-state index contributed by atoms with van der Waals surface area (Å²) >= 11 is 0. The maximum Gasteiger partial charge on any atom is 0.246 e. The first-order chi connectivity index (χ1) is 13.7. The van der Waals surface area contributed by atoms with Crippen LogP contribution in [0.4, 0.5) is 14.5 Å². The molecule has 1 heterocycles. The Kier molecular flexibility index (Phi) is 6.33. The molecule has 0 atom stereocenters. The number of hydrogen-bond acceptors (Lipinski definition) is 3. The molecule has 29 heavy (non-hydrogen) atoms. The van der Waals surface area contributed by atoms with Gasteiger partial charge in [0.15, 0.2) is 0 Å². The third-order valence-electron chi connectivity index (χ3n) is 5.18. The van der Waals surface area contributed by atoms with Gasteiger partial charge in [-0.25, -0.2) is 17.2 Å². The van der Waals surface area contributed by atoms with Gasteiger partial charge < -0.3 is 5.32 Å². The number of halogens is 2. The topological polar surface area (TPSA) is 66.5 Å². The van der Waals surface area contributed by atoms with Gasteiger partial charge in [-0.3, -0.25) is 4.79 Å². The van der Waals surface area contributed by atoms with Crippen LogP contribution in [0.3, 0.4) is 0 Å². The van der Waals surface area contributed by atoms with E-state index < -0.39 is 26.6 Å². The Morgan fingerprint density at radius 3 is 2.41 bits per heavy atom. The summed E-state index contributed by atoms with van der Waals surface area (Å²) in [7, 11) is -4.15. The van der Waals surface area contributed by atoms with Crippen LogP contribution in [0.15, 0.2) is 47.4 Å². The molecule has 8 heteroatoms. The molecule has 2 aromatic rings. The number of sulfonamides is 1. The van der Waals surface area contributed by atoms with Crippen molar-refractivity contribution >= 4 is 21.6 Å². The van der Waals surface area contributed by atoms with Crippen molar-refractivity contribution in [3.05, 3.63) is 59.7 Å². The van der Waals surface area contributed by atoms with Gasteiger partial charge in [0.1, 0.15) is 16.5 Å². The quantitative estimate of drug-likeness (QED) is 0.788. The number of carbonyl (C=O) groups excluding carboxylic acids is 1. The second-order valence-electron chi connectivity index (χ2n) is 7.48. The van der Waals surface area contributed by atoms with Gasteiger partial charge in [0.25, 0.3) is 0 Å². The lowest BCUT2D eigenvalue weighted by Gasteiger charge is -2.30. The molecular weight excluding hydrogens is 398 g/mol. The molecule has 0 unspecified atom stereocenters. The first-order valence-electron chi connectivity index (χ1n) is 9.55. The van der Waals surface area contributed by atoms with Gasteiger partial charge in [0.05, 0.1) is 0 Å². The second kappa shape index (κ2) is 8.59. The zero-order chi connectivity index (χ0) is 21.2. The number of carbonyl (C=O) groups is 1. The zero-order valence-electron chi connectivity index (χ0n) is 16.4. The maximum absolute atomic E-state index is 13.9. The van der Waals surface area contributed by atoms with E-state index >= 15 is 0 Å². The van der Waals surface area contributed by atoms with Crippen LogP contribution in [0.5, 0.6) is 0 Å². The van der Waals surface area contributed by atoms with E-state index in [4.69, 9.17) is 0 Å². The summed E-state index contributed by atoms with van der Waals surface area (Å²) in [6.07, 6.45) is 0.623. The zero-order valence-corrected chi connectivity index (χ0v) is 17.2. The number of anilines is 1. The van der Waals surface area contributed by atoms with Crippen LogP contribution in [0.2, 0.25) is 0 Å². The van der Waals surface area contributed by atoms with Crippen molar-refractivity contribution < 1.29 is 22.0 Å². The third kappa shape index (κ3) is 4.64. The minimum atomic E-state index is -4.15. The largest absolute Gasteiger partial charge is 0.326 e. The van der Waals surface area contributed by atoms with E-state index in [2.05, 4.69) is 5.32 Å². The third-order valence-corrected chi connectivity index (χ3v) is 7.09. The van der Waals surface area contributed by atoms with Crippen LogP contribution in [-0.4, -0.2) is 31.7 Å². The highest BCUT2D eigenvalue weighted by Gasteiger charge is 2.34. The van der Waals surface area contributed by atoms with Crippen LogP contribution >= 0.6 is 0 Å². The lowest BCUT2D eigenvalue weighted by atomic mass is 9.96. The minimum Gasteiger partial charge on any atom is -0.326 e. The van der Waals surface area contributed by atoms with Gasteiger partial charge in [0.2, 0.25) is 15.9 Å². The Balaban J connectivity index is 1.67. The van der Waals surface area contributed by atoms with Gasteiger partial charge in [-0.1, -0.05) is 32.0 Å². The fraction of sp³-hybridized carbons (Fsp3) is 0.381. The second-order valence-corrected chi connectivity index (χ2v) is 9.39. The first-order valence-corrected chi connectivity index (χ1v) is 11.0. The molecule has 0 bridgehead atoms. The van der Waals surface area contributed by atoms with E-state index in [-0.39, 0.29) is 30.8 Å². The van der Waals surface area contributed by atoms with Crippen LogP contribution in [0.1, 0.15) is 38.2 Å². The Hall–Kier alpha value is -2.32. The van der Waals surface area contributed by atoms with Crippen molar-refractivity contribution in [2.24, 2.45) is 5.92 Å². The normalized spacial score (nSPS) is 16.2. The summed E-state index contributed by atoms with van der Waals surface area (Å²) in [5.41, 5.74) is 1.78. The van der Waals surface area contributed by atoms with Gasteiger partial charge in [0, 0.05) is 24.7 Å². The molecule has 0 aromatic heterocycles. The molecule has 1 N–H and O–H groups in total. The van der Waals surface area contributed by atoms with Crippen molar-refractivity contribution in [1.82, 2.24) is 4.31 Å². The summed E-state index contributed by atoms with van der Waals surface area (Å²) in [4.78, 5) is 12.0. The number of nitrogens with zero attached hydrogens (tertiary/aromatic N) is 1. The Bertz CT molecular complexity index is 1000. The molecule has 2 aromatic carbocycles. The summed E-state index contributed by atoms with van der Waals surface area (Å²) in [5.74, 6) is -2.06. The highest BCUT2D eigenvalue weighted by atomic mass is 32.2. The summed E-state index contributed by atoms with van der Waals surface area (Å²) in [5, 5.41) is 2.95. The van der Waals surface area contributed by atoms with Gasteiger partial charge >= 0.3 is 0 Å². The molecule has 5 nitrogen and oxygen atoms in total. The molecule has 0 spiro atoms. The van der Waals surface area contributed by atoms with Crippen LogP contribution in [-0.2, 0) is 14.8 Å². The Morgan fingerprint density at radius 1 is 1.10 bits per heavy atom. The fourth-order valence-corrected chi connectivity index (χ4v) is 5.07. The molecule has 1 aliphatic heterocycles. The lowest BCUT2D eigenvalue weighted by Crippen LogP contribution is -2.41. The van der Waals surface area contributed by atoms with E-state index in [0.29, 0.717) is 18.9 Å². The molecule has 1 saturated heterocycles. The van der Waals surface area contributed by atoms with Gasteiger partial charge in [-0.2, -0.15) is 4.31 Å². The summed E-state index contributed by atoms with van der Waals surface area (Å²) < 4.78 is 53.8. The van der Waals surface area contributed by atoms with E-state index in [0.717, 1.165) is 27.7 Å². The van der Waals surface area contributed by atoms with E-state index in [1.54, 1.807) is 0 Å². The molecule has 0 aliphatic carbocycles. The average Bonchev–Trinajstić information content (AvgIpc) is 2.70. The smallest absolute Gasteiger partial charge is 0.246 e. The Labute approximate surface area is 169 Å².